The predicted molar refractivity (Wildman–Crippen MR) is 121 cm³/mol. The van der Waals surface area contributed by atoms with E-state index in [1.165, 1.54) is 51.0 Å². The third-order valence-electron chi connectivity index (χ3n) is 4.94. The Morgan fingerprint density at radius 2 is 1.46 bits per heavy atom. The highest BCUT2D eigenvalue weighted by atomic mass is 32.2. The summed E-state index contributed by atoms with van der Waals surface area (Å²) in [5.74, 6) is 1.85. The van der Waals surface area contributed by atoms with Gasteiger partial charge >= 0.3 is 0 Å². The van der Waals surface area contributed by atoms with Crippen molar-refractivity contribution in [3.63, 3.8) is 0 Å². The molecule has 0 bridgehead atoms. The summed E-state index contributed by atoms with van der Waals surface area (Å²) in [4.78, 5) is 12.6. The number of hydrogen-bond donors (Lipinski definition) is 0. The standard InChI is InChI=1S/C23H20N2S3/c1-3-8-16(9-4-1)14-26-21-20-18-12-7-13-19(18)28-22(20)25-23(24-21)27-15-17-10-5-2-6-11-17/h1-6,8-11H,7,12-15H2. The molecule has 4 aromatic rings. The van der Waals surface area contributed by atoms with Crippen molar-refractivity contribution in [3.8, 4) is 0 Å². The molecule has 28 heavy (non-hydrogen) atoms. The molecule has 0 saturated heterocycles. The SMILES string of the molecule is c1ccc(CSc2nc(SCc3ccccc3)c3c4c(sc3n2)CCC4)cc1. The van der Waals surface area contributed by atoms with Crippen LogP contribution >= 0.6 is 34.9 Å². The topological polar surface area (TPSA) is 25.8 Å². The van der Waals surface area contributed by atoms with E-state index in [4.69, 9.17) is 9.97 Å². The lowest BCUT2D eigenvalue weighted by molar-refractivity contribution is 0.906. The minimum atomic E-state index is 0.895. The van der Waals surface area contributed by atoms with Crippen LogP contribution in [0.3, 0.4) is 0 Å². The van der Waals surface area contributed by atoms with Crippen molar-refractivity contribution in [2.24, 2.45) is 0 Å². The lowest BCUT2D eigenvalue weighted by Gasteiger charge is -2.08. The summed E-state index contributed by atoms with van der Waals surface area (Å²) in [5.41, 5.74) is 4.16. The zero-order chi connectivity index (χ0) is 18.8. The van der Waals surface area contributed by atoms with Crippen LogP contribution in [0.4, 0.5) is 0 Å². The van der Waals surface area contributed by atoms with Crippen LogP contribution in [0.1, 0.15) is 28.0 Å². The van der Waals surface area contributed by atoms with Gasteiger partial charge in [-0.2, -0.15) is 0 Å². The van der Waals surface area contributed by atoms with Gasteiger partial charge in [-0.25, -0.2) is 9.97 Å². The fourth-order valence-electron chi connectivity index (χ4n) is 3.56. The van der Waals surface area contributed by atoms with Gasteiger partial charge in [0.25, 0.3) is 0 Å². The van der Waals surface area contributed by atoms with E-state index in [0.29, 0.717) is 0 Å². The molecular weight excluding hydrogens is 400 g/mol. The molecule has 5 heteroatoms. The van der Waals surface area contributed by atoms with Gasteiger partial charge in [0.2, 0.25) is 0 Å². The molecule has 0 spiro atoms. The van der Waals surface area contributed by atoms with E-state index in [9.17, 15) is 0 Å². The lowest BCUT2D eigenvalue weighted by atomic mass is 10.2. The van der Waals surface area contributed by atoms with Crippen LogP contribution in [0.2, 0.25) is 0 Å². The van der Waals surface area contributed by atoms with Crippen LogP contribution in [0.25, 0.3) is 10.2 Å². The summed E-state index contributed by atoms with van der Waals surface area (Å²) in [6.07, 6.45) is 3.64. The molecule has 0 fully saturated rings. The Kier molecular flexibility index (Phi) is 5.39. The van der Waals surface area contributed by atoms with E-state index in [1.54, 1.807) is 11.8 Å². The van der Waals surface area contributed by atoms with Gasteiger partial charge in [-0.3, -0.25) is 0 Å². The van der Waals surface area contributed by atoms with E-state index in [0.717, 1.165) is 21.7 Å². The van der Waals surface area contributed by atoms with Gasteiger partial charge in [0.1, 0.15) is 9.86 Å². The molecule has 0 saturated carbocycles. The van der Waals surface area contributed by atoms with Crippen LogP contribution in [0.15, 0.2) is 70.8 Å². The van der Waals surface area contributed by atoms with Gasteiger partial charge in [0.15, 0.2) is 5.16 Å². The summed E-state index contributed by atoms with van der Waals surface area (Å²) in [5, 5.41) is 3.37. The second kappa shape index (κ2) is 8.27. The minimum absolute atomic E-state index is 0.895. The molecular formula is C23H20N2S3. The fourth-order valence-corrected chi connectivity index (χ4v) is 6.81. The third kappa shape index (κ3) is 3.84. The van der Waals surface area contributed by atoms with E-state index in [1.807, 2.05) is 23.1 Å². The van der Waals surface area contributed by atoms with E-state index in [-0.39, 0.29) is 0 Å². The molecule has 1 aliphatic rings. The number of rotatable bonds is 6. The molecule has 0 atom stereocenters. The first kappa shape index (κ1) is 18.2. The van der Waals surface area contributed by atoms with Gasteiger partial charge < -0.3 is 0 Å². The summed E-state index contributed by atoms with van der Waals surface area (Å²) in [6, 6.07) is 21.2. The zero-order valence-corrected chi connectivity index (χ0v) is 17.9. The number of benzene rings is 2. The normalized spacial score (nSPS) is 13.1. The van der Waals surface area contributed by atoms with Gasteiger partial charge in [-0.15, -0.1) is 23.1 Å². The van der Waals surface area contributed by atoms with E-state index >= 15 is 0 Å². The molecule has 5 rings (SSSR count). The Morgan fingerprint density at radius 3 is 2.18 bits per heavy atom. The van der Waals surface area contributed by atoms with E-state index < -0.39 is 0 Å². The van der Waals surface area contributed by atoms with Crippen molar-refractivity contribution in [1.82, 2.24) is 9.97 Å². The van der Waals surface area contributed by atoms with Gasteiger partial charge in [-0.05, 0) is 36.0 Å². The Balaban J connectivity index is 1.46. The van der Waals surface area contributed by atoms with Crippen molar-refractivity contribution in [2.45, 2.75) is 41.0 Å². The van der Waals surface area contributed by atoms with E-state index in [2.05, 4.69) is 60.7 Å². The highest BCUT2D eigenvalue weighted by Gasteiger charge is 2.22. The Labute approximate surface area is 177 Å². The maximum Gasteiger partial charge on any atom is 0.190 e. The number of nitrogens with zero attached hydrogens (tertiary/aromatic N) is 2. The number of fused-ring (bicyclic) bond motifs is 3. The molecule has 0 amide bonds. The van der Waals surface area contributed by atoms with Crippen molar-refractivity contribution < 1.29 is 0 Å². The first-order chi connectivity index (χ1) is 13.9. The van der Waals surface area contributed by atoms with Crippen molar-refractivity contribution in [3.05, 3.63) is 82.2 Å². The highest BCUT2D eigenvalue weighted by Crippen LogP contribution is 2.42. The minimum Gasteiger partial charge on any atom is -0.215 e. The number of hydrogen-bond acceptors (Lipinski definition) is 5. The Morgan fingerprint density at radius 1 is 0.786 bits per heavy atom. The van der Waals surface area contributed by atoms with Gasteiger partial charge in [-0.1, -0.05) is 72.4 Å². The number of aromatic nitrogens is 2. The summed E-state index contributed by atoms with van der Waals surface area (Å²) in [6.45, 7) is 0. The highest BCUT2D eigenvalue weighted by molar-refractivity contribution is 7.99. The zero-order valence-electron chi connectivity index (χ0n) is 15.4. The first-order valence-corrected chi connectivity index (χ1v) is 12.3. The van der Waals surface area contributed by atoms with Crippen molar-refractivity contribution >= 4 is 45.1 Å². The average Bonchev–Trinajstić information content (AvgIpc) is 3.33. The monoisotopic (exact) mass is 420 g/mol. The predicted octanol–water partition coefficient (Wildman–Crippen LogP) is 6.76. The summed E-state index contributed by atoms with van der Waals surface area (Å²) >= 11 is 5.47. The lowest BCUT2D eigenvalue weighted by Crippen LogP contribution is -1.93. The molecule has 2 aromatic heterocycles. The van der Waals surface area contributed by atoms with Crippen LogP contribution in [0.5, 0.6) is 0 Å². The summed E-state index contributed by atoms with van der Waals surface area (Å²) < 4.78 is 0. The molecule has 0 N–H and O–H groups in total. The number of thioether (sulfide) groups is 2. The second-order valence-corrected chi connectivity index (χ2v) is 9.89. The molecule has 0 radical (unpaired) electrons. The molecule has 2 nitrogen and oxygen atoms in total. The Bertz CT molecular complexity index is 1090. The number of aryl methyl sites for hydroxylation is 2. The molecule has 2 aromatic carbocycles. The molecule has 2 heterocycles. The van der Waals surface area contributed by atoms with Crippen LogP contribution in [-0.4, -0.2) is 9.97 Å². The maximum absolute atomic E-state index is 5.00. The molecule has 0 aliphatic heterocycles. The smallest absolute Gasteiger partial charge is 0.190 e. The molecule has 1 aliphatic carbocycles. The van der Waals surface area contributed by atoms with Crippen LogP contribution in [0, 0.1) is 0 Å². The molecule has 0 unspecified atom stereocenters. The van der Waals surface area contributed by atoms with Crippen LogP contribution in [-0.2, 0) is 24.3 Å². The molecule has 140 valence electrons. The summed E-state index contributed by atoms with van der Waals surface area (Å²) in [7, 11) is 0. The largest absolute Gasteiger partial charge is 0.215 e. The fraction of sp³-hybridized carbons (Fsp3) is 0.217. The first-order valence-electron chi connectivity index (χ1n) is 9.52. The quantitative estimate of drug-likeness (QED) is 0.195. The third-order valence-corrected chi connectivity index (χ3v) is 8.09. The van der Waals surface area contributed by atoms with Gasteiger partial charge in [0, 0.05) is 21.8 Å². The Hall–Kier alpha value is -1.82. The average molecular weight is 421 g/mol. The van der Waals surface area contributed by atoms with Crippen molar-refractivity contribution in [1.29, 1.82) is 0 Å². The van der Waals surface area contributed by atoms with Crippen LogP contribution < -0.4 is 0 Å². The number of thiophene rings is 1. The van der Waals surface area contributed by atoms with Gasteiger partial charge in [0.05, 0.1) is 0 Å². The maximum atomic E-state index is 5.00. The van der Waals surface area contributed by atoms with Crippen molar-refractivity contribution in [2.75, 3.05) is 0 Å². The second-order valence-electron chi connectivity index (χ2n) is 6.90.